The third kappa shape index (κ3) is 2.94. The first kappa shape index (κ1) is 15.9. The van der Waals surface area contributed by atoms with Crippen LogP contribution in [0.4, 0.5) is 0 Å². The van der Waals surface area contributed by atoms with Crippen molar-refractivity contribution in [1.29, 1.82) is 0 Å². The maximum atomic E-state index is 12.8. The van der Waals surface area contributed by atoms with E-state index in [1.54, 1.807) is 12.3 Å². The molecule has 7 heteroatoms. The van der Waals surface area contributed by atoms with Crippen molar-refractivity contribution in [3.63, 3.8) is 0 Å². The highest BCUT2D eigenvalue weighted by atomic mass is 16.3. The SMILES string of the molecule is Cc1ccoc1C(=O)N1CCCn2cnc(CN3CCCC3=O)c2C1. The Morgan fingerprint density at radius 3 is 2.88 bits per heavy atom. The fraction of sp³-hybridized carbons (Fsp3) is 0.500. The van der Waals surface area contributed by atoms with E-state index >= 15 is 0 Å². The van der Waals surface area contributed by atoms with Crippen molar-refractivity contribution in [3.8, 4) is 0 Å². The molecule has 2 aromatic rings. The van der Waals surface area contributed by atoms with Gasteiger partial charge in [-0.2, -0.15) is 0 Å². The summed E-state index contributed by atoms with van der Waals surface area (Å²) in [5.74, 6) is 0.513. The molecule has 0 unspecified atom stereocenters. The van der Waals surface area contributed by atoms with Crippen LogP contribution in [0.1, 0.15) is 46.8 Å². The minimum Gasteiger partial charge on any atom is -0.459 e. The van der Waals surface area contributed by atoms with Crippen LogP contribution in [-0.4, -0.2) is 44.3 Å². The molecule has 132 valence electrons. The van der Waals surface area contributed by atoms with Gasteiger partial charge in [-0.25, -0.2) is 4.98 Å². The molecule has 1 fully saturated rings. The van der Waals surface area contributed by atoms with Crippen molar-refractivity contribution in [1.82, 2.24) is 19.4 Å². The number of amides is 2. The quantitative estimate of drug-likeness (QED) is 0.855. The van der Waals surface area contributed by atoms with Crippen LogP contribution >= 0.6 is 0 Å². The lowest BCUT2D eigenvalue weighted by atomic mass is 10.2. The zero-order valence-electron chi connectivity index (χ0n) is 14.4. The fourth-order valence-corrected chi connectivity index (χ4v) is 3.61. The predicted molar refractivity (Wildman–Crippen MR) is 89.7 cm³/mol. The van der Waals surface area contributed by atoms with Crippen molar-refractivity contribution in [3.05, 3.63) is 41.4 Å². The number of likely N-dealkylation sites (tertiary alicyclic amines) is 1. The van der Waals surface area contributed by atoms with Crippen LogP contribution in [0.25, 0.3) is 0 Å². The van der Waals surface area contributed by atoms with E-state index in [9.17, 15) is 9.59 Å². The number of aromatic nitrogens is 2. The Morgan fingerprint density at radius 2 is 2.16 bits per heavy atom. The number of fused-ring (bicyclic) bond motifs is 1. The molecule has 25 heavy (non-hydrogen) atoms. The highest BCUT2D eigenvalue weighted by Crippen LogP contribution is 2.22. The average molecular weight is 342 g/mol. The number of aryl methyl sites for hydroxylation is 2. The molecule has 0 atom stereocenters. The van der Waals surface area contributed by atoms with E-state index in [0.717, 1.165) is 42.9 Å². The highest BCUT2D eigenvalue weighted by molar-refractivity contribution is 5.92. The Morgan fingerprint density at radius 1 is 1.28 bits per heavy atom. The molecule has 0 aliphatic carbocycles. The smallest absolute Gasteiger partial charge is 0.290 e. The number of hydrogen-bond acceptors (Lipinski definition) is 4. The molecule has 1 saturated heterocycles. The largest absolute Gasteiger partial charge is 0.459 e. The summed E-state index contributed by atoms with van der Waals surface area (Å²) in [6.45, 7) is 5.21. The lowest BCUT2D eigenvalue weighted by Gasteiger charge is -2.21. The van der Waals surface area contributed by atoms with Crippen molar-refractivity contribution < 1.29 is 14.0 Å². The van der Waals surface area contributed by atoms with E-state index in [2.05, 4.69) is 9.55 Å². The maximum Gasteiger partial charge on any atom is 0.290 e. The van der Waals surface area contributed by atoms with E-state index in [1.165, 1.54) is 0 Å². The summed E-state index contributed by atoms with van der Waals surface area (Å²) in [6.07, 6.45) is 5.79. The molecule has 2 aliphatic heterocycles. The third-order valence-corrected chi connectivity index (χ3v) is 5.06. The third-order valence-electron chi connectivity index (χ3n) is 5.06. The monoisotopic (exact) mass is 342 g/mol. The van der Waals surface area contributed by atoms with E-state index < -0.39 is 0 Å². The van der Waals surface area contributed by atoms with Gasteiger partial charge in [-0.05, 0) is 25.8 Å². The first-order valence-electron chi connectivity index (χ1n) is 8.77. The number of imidazole rings is 1. The molecule has 0 aromatic carbocycles. The topological polar surface area (TPSA) is 71.6 Å². The van der Waals surface area contributed by atoms with Gasteiger partial charge in [0.25, 0.3) is 5.91 Å². The van der Waals surface area contributed by atoms with Crippen LogP contribution in [0.3, 0.4) is 0 Å². The van der Waals surface area contributed by atoms with Gasteiger partial charge in [0.05, 0.1) is 37.1 Å². The molecular formula is C18H22N4O3. The molecule has 0 N–H and O–H groups in total. The van der Waals surface area contributed by atoms with Crippen molar-refractivity contribution in [2.75, 3.05) is 13.1 Å². The maximum absolute atomic E-state index is 12.8. The Bertz CT molecular complexity index is 807. The van der Waals surface area contributed by atoms with Crippen LogP contribution < -0.4 is 0 Å². The average Bonchev–Trinajstić information content (AvgIpc) is 3.26. The summed E-state index contributed by atoms with van der Waals surface area (Å²) in [4.78, 5) is 32.9. The molecule has 0 spiro atoms. The summed E-state index contributed by atoms with van der Waals surface area (Å²) in [7, 11) is 0. The predicted octanol–water partition coefficient (Wildman–Crippen LogP) is 1.95. The van der Waals surface area contributed by atoms with E-state index in [1.807, 2.05) is 23.1 Å². The van der Waals surface area contributed by atoms with Gasteiger partial charge in [-0.3, -0.25) is 9.59 Å². The Kier molecular flexibility index (Phi) is 4.07. The molecule has 2 aromatic heterocycles. The number of carbonyl (C=O) groups is 2. The second-order valence-corrected chi connectivity index (χ2v) is 6.76. The molecule has 0 saturated carbocycles. The molecule has 4 rings (SSSR count). The standard InChI is InChI=1S/C18H22N4O3/c1-13-5-9-25-17(13)18(24)21-7-3-8-22-12-19-14(15(22)11-21)10-20-6-2-4-16(20)23/h5,9,12H,2-4,6-8,10-11H2,1H3. The van der Waals surface area contributed by atoms with Gasteiger partial charge in [0.15, 0.2) is 5.76 Å². The van der Waals surface area contributed by atoms with E-state index in [0.29, 0.717) is 31.8 Å². The lowest BCUT2D eigenvalue weighted by molar-refractivity contribution is -0.128. The van der Waals surface area contributed by atoms with Gasteiger partial charge < -0.3 is 18.8 Å². The summed E-state index contributed by atoms with van der Waals surface area (Å²) in [5.41, 5.74) is 2.77. The van der Waals surface area contributed by atoms with E-state index in [4.69, 9.17) is 4.42 Å². The molecule has 7 nitrogen and oxygen atoms in total. The molecule has 4 heterocycles. The zero-order chi connectivity index (χ0) is 17.4. The highest BCUT2D eigenvalue weighted by Gasteiger charge is 2.28. The minimum absolute atomic E-state index is 0.0830. The fourth-order valence-electron chi connectivity index (χ4n) is 3.61. The van der Waals surface area contributed by atoms with Crippen LogP contribution in [0.15, 0.2) is 23.1 Å². The molecule has 2 aliphatic rings. The van der Waals surface area contributed by atoms with Gasteiger partial charge in [0.1, 0.15) is 0 Å². The molecule has 2 amide bonds. The van der Waals surface area contributed by atoms with Crippen molar-refractivity contribution >= 4 is 11.8 Å². The van der Waals surface area contributed by atoms with Crippen LogP contribution in [0, 0.1) is 6.92 Å². The van der Waals surface area contributed by atoms with Crippen molar-refractivity contribution in [2.45, 2.75) is 45.8 Å². The first-order valence-corrected chi connectivity index (χ1v) is 8.77. The number of hydrogen-bond donors (Lipinski definition) is 0. The molecule has 0 bridgehead atoms. The summed E-state index contributed by atoms with van der Waals surface area (Å²) >= 11 is 0. The Labute approximate surface area is 146 Å². The Balaban J connectivity index is 1.57. The second-order valence-electron chi connectivity index (χ2n) is 6.76. The van der Waals surface area contributed by atoms with Gasteiger partial charge in [-0.15, -0.1) is 0 Å². The summed E-state index contributed by atoms with van der Waals surface area (Å²) < 4.78 is 7.48. The number of furan rings is 1. The second kappa shape index (κ2) is 6.38. The van der Waals surface area contributed by atoms with Crippen molar-refractivity contribution in [2.24, 2.45) is 0 Å². The van der Waals surface area contributed by atoms with Gasteiger partial charge >= 0.3 is 0 Å². The number of carbonyl (C=O) groups excluding carboxylic acids is 2. The van der Waals surface area contributed by atoms with E-state index in [-0.39, 0.29) is 11.8 Å². The van der Waals surface area contributed by atoms with Gasteiger partial charge in [-0.1, -0.05) is 0 Å². The van der Waals surface area contributed by atoms with Crippen LogP contribution in [-0.2, 0) is 24.4 Å². The summed E-state index contributed by atoms with van der Waals surface area (Å²) in [6, 6.07) is 1.81. The zero-order valence-corrected chi connectivity index (χ0v) is 14.4. The first-order chi connectivity index (χ1) is 12.1. The number of nitrogens with zero attached hydrogens (tertiary/aromatic N) is 4. The summed E-state index contributed by atoms with van der Waals surface area (Å²) in [5, 5.41) is 0. The Hall–Kier alpha value is -2.57. The van der Waals surface area contributed by atoms with Crippen LogP contribution in [0.5, 0.6) is 0 Å². The van der Waals surface area contributed by atoms with Gasteiger partial charge in [0, 0.05) is 31.6 Å². The minimum atomic E-state index is -0.0830. The number of rotatable bonds is 3. The lowest BCUT2D eigenvalue weighted by Crippen LogP contribution is -2.32. The van der Waals surface area contributed by atoms with Crippen LogP contribution in [0.2, 0.25) is 0 Å². The molecule has 0 radical (unpaired) electrons. The normalized spacial score (nSPS) is 17.7. The molecular weight excluding hydrogens is 320 g/mol. The van der Waals surface area contributed by atoms with Gasteiger partial charge in [0.2, 0.25) is 5.91 Å².